The van der Waals surface area contributed by atoms with Crippen molar-refractivity contribution < 1.29 is 12.8 Å². The third-order valence-corrected chi connectivity index (χ3v) is 5.94. The standard InChI is InChI=1S/C13H11Br2FN2O2S/c1-7-4-10(15)13(6-9(7)14)21(19,20)18-12-3-2-8(16)5-11(12)17/h2-6,18H,17H2,1H3. The second-order valence-corrected chi connectivity index (χ2v) is 7.73. The van der Waals surface area contributed by atoms with E-state index in [-0.39, 0.29) is 16.3 Å². The molecule has 112 valence electrons. The molecule has 0 fully saturated rings. The number of benzene rings is 2. The van der Waals surface area contributed by atoms with E-state index in [0.29, 0.717) is 8.95 Å². The highest BCUT2D eigenvalue weighted by Gasteiger charge is 2.20. The van der Waals surface area contributed by atoms with E-state index in [9.17, 15) is 12.8 Å². The monoisotopic (exact) mass is 436 g/mol. The maximum atomic E-state index is 13.0. The molecule has 21 heavy (non-hydrogen) atoms. The van der Waals surface area contributed by atoms with Crippen LogP contribution < -0.4 is 10.5 Å². The maximum absolute atomic E-state index is 13.0. The van der Waals surface area contributed by atoms with Gasteiger partial charge >= 0.3 is 0 Å². The van der Waals surface area contributed by atoms with Crippen molar-refractivity contribution in [2.24, 2.45) is 0 Å². The van der Waals surface area contributed by atoms with Gasteiger partial charge in [-0.15, -0.1) is 0 Å². The minimum atomic E-state index is -3.85. The Balaban J connectivity index is 2.46. The number of nitrogens with one attached hydrogen (secondary N) is 1. The Morgan fingerprint density at radius 2 is 1.81 bits per heavy atom. The Morgan fingerprint density at radius 3 is 2.43 bits per heavy atom. The summed E-state index contributed by atoms with van der Waals surface area (Å²) < 4.78 is 41.3. The molecular formula is C13H11Br2FN2O2S. The Morgan fingerprint density at radius 1 is 1.14 bits per heavy atom. The SMILES string of the molecule is Cc1cc(Br)c(S(=O)(=O)Nc2ccc(F)cc2N)cc1Br. The van der Waals surface area contributed by atoms with E-state index in [1.54, 1.807) is 6.07 Å². The van der Waals surface area contributed by atoms with Crippen LogP contribution in [0.25, 0.3) is 0 Å². The van der Waals surface area contributed by atoms with Crippen molar-refractivity contribution in [3.05, 3.63) is 50.7 Å². The van der Waals surface area contributed by atoms with Crippen LogP contribution in [-0.2, 0) is 10.0 Å². The first-order valence-corrected chi connectivity index (χ1v) is 8.81. The van der Waals surface area contributed by atoms with Crippen molar-refractivity contribution in [2.45, 2.75) is 11.8 Å². The average Bonchev–Trinajstić information content (AvgIpc) is 2.37. The topological polar surface area (TPSA) is 72.2 Å². The van der Waals surface area contributed by atoms with Crippen molar-refractivity contribution in [1.29, 1.82) is 0 Å². The fourth-order valence-electron chi connectivity index (χ4n) is 1.66. The van der Waals surface area contributed by atoms with Gasteiger partial charge in [0, 0.05) is 8.95 Å². The molecule has 0 aliphatic rings. The largest absolute Gasteiger partial charge is 0.397 e. The summed E-state index contributed by atoms with van der Waals surface area (Å²) in [4.78, 5) is 0.0590. The fraction of sp³-hybridized carbons (Fsp3) is 0.0769. The summed E-state index contributed by atoms with van der Waals surface area (Å²) in [5.41, 5.74) is 6.64. The molecular weight excluding hydrogens is 427 g/mol. The molecule has 0 aromatic heterocycles. The van der Waals surface area contributed by atoms with Crippen molar-refractivity contribution in [3.63, 3.8) is 0 Å². The molecule has 0 radical (unpaired) electrons. The van der Waals surface area contributed by atoms with Gasteiger partial charge < -0.3 is 5.73 Å². The first kappa shape index (κ1) is 16.3. The highest BCUT2D eigenvalue weighted by molar-refractivity contribution is 9.11. The molecule has 8 heteroatoms. The summed E-state index contributed by atoms with van der Waals surface area (Å²) in [6.07, 6.45) is 0. The predicted octanol–water partition coefficient (Wildman–Crippen LogP) is 4.04. The molecule has 0 saturated carbocycles. The van der Waals surface area contributed by atoms with Crippen LogP contribution in [0.1, 0.15) is 5.56 Å². The fourth-order valence-corrected chi connectivity index (χ4v) is 4.43. The molecule has 0 spiro atoms. The smallest absolute Gasteiger partial charge is 0.263 e. The van der Waals surface area contributed by atoms with Gasteiger partial charge in [-0.1, -0.05) is 15.9 Å². The molecule has 0 amide bonds. The Hall–Kier alpha value is -1.12. The molecule has 0 saturated heterocycles. The molecule has 0 bridgehead atoms. The summed E-state index contributed by atoms with van der Waals surface area (Å²) in [6.45, 7) is 1.84. The van der Waals surface area contributed by atoms with E-state index in [2.05, 4.69) is 36.6 Å². The quantitative estimate of drug-likeness (QED) is 0.711. The van der Waals surface area contributed by atoms with Gasteiger partial charge in [-0.25, -0.2) is 12.8 Å². The summed E-state index contributed by atoms with van der Waals surface area (Å²) in [5, 5.41) is 0. The Labute approximate surface area is 138 Å². The molecule has 2 aromatic rings. The van der Waals surface area contributed by atoms with Crippen LogP contribution in [-0.4, -0.2) is 8.42 Å². The lowest BCUT2D eigenvalue weighted by molar-refractivity contribution is 0.600. The minimum absolute atomic E-state index is 0.0147. The zero-order valence-corrected chi connectivity index (χ0v) is 14.8. The minimum Gasteiger partial charge on any atom is -0.397 e. The van der Waals surface area contributed by atoms with Crippen LogP contribution in [0.15, 0.2) is 44.2 Å². The van der Waals surface area contributed by atoms with Gasteiger partial charge in [0.05, 0.1) is 11.4 Å². The van der Waals surface area contributed by atoms with Gasteiger partial charge in [-0.05, 0) is 58.7 Å². The van der Waals surface area contributed by atoms with Crippen molar-refractivity contribution in [1.82, 2.24) is 0 Å². The van der Waals surface area contributed by atoms with E-state index in [1.165, 1.54) is 12.1 Å². The molecule has 0 atom stereocenters. The number of rotatable bonds is 3. The van der Waals surface area contributed by atoms with E-state index in [0.717, 1.165) is 17.7 Å². The number of nitrogen functional groups attached to an aromatic ring is 1. The van der Waals surface area contributed by atoms with E-state index < -0.39 is 15.8 Å². The van der Waals surface area contributed by atoms with Crippen molar-refractivity contribution in [3.8, 4) is 0 Å². The summed E-state index contributed by atoms with van der Waals surface area (Å²) in [6, 6.07) is 6.64. The zero-order chi connectivity index (χ0) is 15.8. The molecule has 3 N–H and O–H groups in total. The predicted molar refractivity (Wildman–Crippen MR) is 88.2 cm³/mol. The third-order valence-electron chi connectivity index (χ3n) is 2.76. The van der Waals surface area contributed by atoms with Gasteiger partial charge in [0.2, 0.25) is 0 Å². The Kier molecular flexibility index (Phi) is 4.60. The van der Waals surface area contributed by atoms with E-state index in [1.807, 2.05) is 6.92 Å². The number of anilines is 2. The maximum Gasteiger partial charge on any atom is 0.263 e. The normalized spacial score (nSPS) is 11.4. The number of halogens is 3. The van der Waals surface area contributed by atoms with Gasteiger partial charge in [0.25, 0.3) is 10.0 Å². The second-order valence-electron chi connectivity index (χ2n) is 4.37. The van der Waals surface area contributed by atoms with E-state index in [4.69, 9.17) is 5.73 Å². The number of hydrogen-bond donors (Lipinski definition) is 2. The molecule has 2 rings (SSSR count). The molecule has 0 unspecified atom stereocenters. The van der Waals surface area contributed by atoms with E-state index >= 15 is 0 Å². The number of hydrogen-bond acceptors (Lipinski definition) is 3. The lowest BCUT2D eigenvalue weighted by Gasteiger charge is -2.12. The molecule has 0 heterocycles. The second kappa shape index (κ2) is 5.94. The number of aryl methyl sites for hydroxylation is 1. The van der Waals surface area contributed by atoms with Crippen molar-refractivity contribution >= 4 is 53.3 Å². The molecule has 0 aliphatic carbocycles. The number of nitrogens with two attached hydrogens (primary N) is 1. The van der Waals surface area contributed by atoms with Crippen LogP contribution >= 0.6 is 31.9 Å². The van der Waals surface area contributed by atoms with Crippen molar-refractivity contribution in [2.75, 3.05) is 10.5 Å². The summed E-state index contributed by atoms with van der Waals surface area (Å²) >= 11 is 6.52. The first-order chi connectivity index (χ1) is 9.70. The molecule has 2 aromatic carbocycles. The van der Waals surface area contributed by atoms with Crippen LogP contribution in [0.5, 0.6) is 0 Å². The van der Waals surface area contributed by atoms with Crippen LogP contribution in [0.4, 0.5) is 15.8 Å². The van der Waals surface area contributed by atoms with Crippen LogP contribution in [0, 0.1) is 12.7 Å². The zero-order valence-electron chi connectivity index (χ0n) is 10.8. The third kappa shape index (κ3) is 3.56. The van der Waals surface area contributed by atoms with Gasteiger partial charge in [-0.2, -0.15) is 0 Å². The summed E-state index contributed by atoms with van der Waals surface area (Å²) in [5.74, 6) is -0.533. The molecule has 4 nitrogen and oxygen atoms in total. The van der Waals surface area contributed by atoms with Gasteiger partial charge in [-0.3, -0.25) is 4.72 Å². The highest BCUT2D eigenvalue weighted by Crippen LogP contribution is 2.31. The van der Waals surface area contributed by atoms with Gasteiger partial charge in [0.15, 0.2) is 0 Å². The van der Waals surface area contributed by atoms with Gasteiger partial charge in [0.1, 0.15) is 10.7 Å². The first-order valence-electron chi connectivity index (χ1n) is 5.74. The average molecular weight is 438 g/mol. The highest BCUT2D eigenvalue weighted by atomic mass is 79.9. The molecule has 0 aliphatic heterocycles. The number of sulfonamides is 1. The lowest BCUT2D eigenvalue weighted by atomic mass is 10.2. The Bertz CT molecular complexity index is 810. The van der Waals surface area contributed by atoms with Crippen LogP contribution in [0.3, 0.4) is 0 Å². The van der Waals surface area contributed by atoms with Crippen LogP contribution in [0.2, 0.25) is 0 Å². The lowest BCUT2D eigenvalue weighted by Crippen LogP contribution is -2.15. The summed E-state index contributed by atoms with van der Waals surface area (Å²) in [7, 11) is -3.85.